The summed E-state index contributed by atoms with van der Waals surface area (Å²) in [5.41, 5.74) is -0.328. The molecule has 2 atom stereocenters. The summed E-state index contributed by atoms with van der Waals surface area (Å²) in [6, 6.07) is 0. The third-order valence-corrected chi connectivity index (χ3v) is 2.81. The lowest BCUT2D eigenvalue weighted by Crippen LogP contribution is -2.43. The number of ether oxygens (including phenoxy) is 2. The Bertz CT molecular complexity index is 256. The van der Waals surface area contributed by atoms with Crippen molar-refractivity contribution < 1.29 is 19.4 Å². The van der Waals surface area contributed by atoms with E-state index in [0.717, 1.165) is 19.4 Å². The van der Waals surface area contributed by atoms with Crippen LogP contribution in [0.2, 0.25) is 0 Å². The van der Waals surface area contributed by atoms with Gasteiger partial charge in [-0.15, -0.1) is 0 Å². The zero-order chi connectivity index (χ0) is 13.6. The maximum absolute atomic E-state index is 11.6. The number of rotatable bonds is 4. The minimum absolute atomic E-state index is 0.145. The molecule has 5 nitrogen and oxygen atoms in total. The summed E-state index contributed by atoms with van der Waals surface area (Å²) < 4.78 is 10.6. The van der Waals surface area contributed by atoms with Gasteiger partial charge in [0.25, 0.3) is 0 Å². The molecule has 5 heteroatoms. The van der Waals surface area contributed by atoms with Gasteiger partial charge in [-0.05, 0) is 46.0 Å². The molecular weight excluding hydrogens is 234 g/mol. The van der Waals surface area contributed by atoms with E-state index in [1.807, 2.05) is 20.8 Å². The van der Waals surface area contributed by atoms with Gasteiger partial charge in [0.2, 0.25) is 0 Å². The molecule has 0 radical (unpaired) electrons. The summed E-state index contributed by atoms with van der Waals surface area (Å²) >= 11 is 0. The van der Waals surface area contributed by atoms with Gasteiger partial charge in [-0.1, -0.05) is 0 Å². The molecule has 18 heavy (non-hydrogen) atoms. The molecule has 1 fully saturated rings. The Morgan fingerprint density at radius 1 is 1.56 bits per heavy atom. The van der Waals surface area contributed by atoms with Crippen LogP contribution in [0.25, 0.3) is 0 Å². The summed E-state index contributed by atoms with van der Waals surface area (Å²) in [7, 11) is 0. The van der Waals surface area contributed by atoms with Crippen molar-refractivity contribution >= 4 is 6.09 Å². The summed E-state index contributed by atoms with van der Waals surface area (Å²) in [6.45, 7) is 7.02. The fourth-order valence-electron chi connectivity index (χ4n) is 2.01. The Morgan fingerprint density at radius 3 is 2.78 bits per heavy atom. The smallest absolute Gasteiger partial charge is 0.407 e. The molecular formula is C13H25NO4. The molecule has 0 aliphatic carbocycles. The van der Waals surface area contributed by atoms with Gasteiger partial charge in [0.1, 0.15) is 6.10 Å². The third kappa shape index (κ3) is 6.21. The van der Waals surface area contributed by atoms with E-state index < -0.39 is 12.2 Å². The van der Waals surface area contributed by atoms with Crippen LogP contribution < -0.4 is 5.32 Å². The van der Waals surface area contributed by atoms with Crippen molar-refractivity contribution in [2.45, 2.75) is 51.7 Å². The van der Waals surface area contributed by atoms with Gasteiger partial charge in [0.05, 0.1) is 6.61 Å². The lowest BCUT2D eigenvalue weighted by atomic mass is 9.96. The van der Waals surface area contributed by atoms with Crippen LogP contribution in [-0.2, 0) is 9.47 Å². The Labute approximate surface area is 109 Å². The molecule has 106 valence electrons. The average Bonchev–Trinajstić information content (AvgIpc) is 2.27. The first-order valence-electron chi connectivity index (χ1n) is 6.58. The Morgan fingerprint density at radius 2 is 2.28 bits per heavy atom. The van der Waals surface area contributed by atoms with Crippen LogP contribution >= 0.6 is 0 Å². The molecule has 0 aromatic rings. The molecule has 1 rings (SSSR count). The van der Waals surface area contributed by atoms with Gasteiger partial charge >= 0.3 is 6.09 Å². The van der Waals surface area contributed by atoms with E-state index in [-0.39, 0.29) is 12.1 Å². The molecule has 0 saturated carbocycles. The van der Waals surface area contributed by atoms with Gasteiger partial charge in [-0.2, -0.15) is 0 Å². The molecule has 0 bridgehead atoms. The Balaban J connectivity index is 2.34. The molecule has 1 saturated heterocycles. The number of aliphatic hydroxyl groups is 1. The van der Waals surface area contributed by atoms with Crippen LogP contribution in [0.4, 0.5) is 4.79 Å². The van der Waals surface area contributed by atoms with Crippen LogP contribution in [0, 0.1) is 5.92 Å². The van der Waals surface area contributed by atoms with Gasteiger partial charge in [0.15, 0.2) is 0 Å². The van der Waals surface area contributed by atoms with Crippen molar-refractivity contribution in [3.05, 3.63) is 0 Å². The molecule has 1 aliphatic heterocycles. The number of aliphatic hydroxyl groups excluding tert-OH is 1. The van der Waals surface area contributed by atoms with Crippen molar-refractivity contribution in [3.63, 3.8) is 0 Å². The van der Waals surface area contributed by atoms with E-state index in [0.29, 0.717) is 18.9 Å². The highest BCUT2D eigenvalue weighted by Gasteiger charge is 2.23. The lowest BCUT2D eigenvalue weighted by molar-refractivity contribution is 0.00369. The van der Waals surface area contributed by atoms with E-state index >= 15 is 0 Å². The Kier molecular flexibility index (Phi) is 5.88. The minimum atomic E-state index is -0.474. The second-order valence-corrected chi connectivity index (χ2v) is 5.90. The fraction of sp³-hybridized carbons (Fsp3) is 0.923. The maximum Gasteiger partial charge on any atom is 0.407 e. The highest BCUT2D eigenvalue weighted by molar-refractivity contribution is 5.68. The summed E-state index contributed by atoms with van der Waals surface area (Å²) in [4.78, 5) is 11.6. The SMILES string of the molecule is CC(C)(C)NC(=O)O[C@@H](CO)C[C@H]1CCCOC1. The molecule has 0 unspecified atom stereocenters. The fourth-order valence-corrected chi connectivity index (χ4v) is 2.01. The van der Waals surface area contributed by atoms with Crippen LogP contribution in [-0.4, -0.2) is 42.7 Å². The predicted octanol–water partition coefficient (Wildman–Crippen LogP) is 1.69. The third-order valence-electron chi connectivity index (χ3n) is 2.81. The largest absolute Gasteiger partial charge is 0.444 e. The first-order valence-corrected chi connectivity index (χ1v) is 6.58. The van der Waals surface area contributed by atoms with Crippen molar-refractivity contribution in [1.29, 1.82) is 0 Å². The van der Waals surface area contributed by atoms with Crippen LogP contribution in [0.15, 0.2) is 0 Å². The maximum atomic E-state index is 11.6. The Hall–Kier alpha value is -0.810. The predicted molar refractivity (Wildman–Crippen MR) is 68.4 cm³/mol. The van der Waals surface area contributed by atoms with E-state index in [1.54, 1.807) is 0 Å². The first-order chi connectivity index (χ1) is 8.40. The number of hydrogen-bond donors (Lipinski definition) is 2. The molecule has 2 N–H and O–H groups in total. The second kappa shape index (κ2) is 6.95. The van der Waals surface area contributed by atoms with Gasteiger partial charge in [-0.3, -0.25) is 0 Å². The zero-order valence-electron chi connectivity index (χ0n) is 11.6. The minimum Gasteiger partial charge on any atom is -0.444 e. The highest BCUT2D eigenvalue weighted by atomic mass is 16.6. The standard InChI is InChI=1S/C13H25NO4/c1-13(2,3)14-12(16)18-11(8-15)7-10-5-4-6-17-9-10/h10-11,15H,4-9H2,1-3H3,(H,14,16)/t10-,11-/m1/s1. The van der Waals surface area contributed by atoms with Gasteiger partial charge < -0.3 is 19.9 Å². The van der Waals surface area contributed by atoms with E-state index in [2.05, 4.69) is 5.32 Å². The topological polar surface area (TPSA) is 67.8 Å². The van der Waals surface area contributed by atoms with Crippen molar-refractivity contribution in [2.24, 2.45) is 5.92 Å². The van der Waals surface area contributed by atoms with Crippen molar-refractivity contribution in [3.8, 4) is 0 Å². The monoisotopic (exact) mass is 259 g/mol. The zero-order valence-corrected chi connectivity index (χ0v) is 11.6. The molecule has 1 heterocycles. The van der Waals surface area contributed by atoms with Gasteiger partial charge in [-0.25, -0.2) is 4.79 Å². The normalized spacial score (nSPS) is 22.3. The van der Waals surface area contributed by atoms with E-state index in [9.17, 15) is 9.90 Å². The van der Waals surface area contributed by atoms with Gasteiger partial charge in [0, 0.05) is 18.8 Å². The van der Waals surface area contributed by atoms with Crippen LogP contribution in [0.1, 0.15) is 40.0 Å². The number of amides is 1. The quantitative estimate of drug-likeness (QED) is 0.806. The number of nitrogens with one attached hydrogen (secondary N) is 1. The van der Waals surface area contributed by atoms with E-state index in [4.69, 9.17) is 9.47 Å². The molecule has 1 amide bonds. The molecule has 1 aliphatic rings. The number of alkyl carbamates (subject to hydrolysis) is 1. The second-order valence-electron chi connectivity index (χ2n) is 5.90. The average molecular weight is 259 g/mol. The number of carbonyl (C=O) groups is 1. The van der Waals surface area contributed by atoms with E-state index in [1.165, 1.54) is 0 Å². The van der Waals surface area contributed by atoms with Crippen LogP contribution in [0.5, 0.6) is 0 Å². The highest BCUT2D eigenvalue weighted by Crippen LogP contribution is 2.20. The molecule has 0 aromatic carbocycles. The first kappa shape index (κ1) is 15.2. The summed E-state index contributed by atoms with van der Waals surface area (Å²) in [5, 5.41) is 12.0. The number of carbonyl (C=O) groups excluding carboxylic acids is 1. The molecule has 0 spiro atoms. The van der Waals surface area contributed by atoms with Crippen LogP contribution in [0.3, 0.4) is 0 Å². The lowest BCUT2D eigenvalue weighted by Gasteiger charge is -2.27. The summed E-state index contributed by atoms with van der Waals surface area (Å²) in [5.74, 6) is 0.373. The number of hydrogen-bond acceptors (Lipinski definition) is 4. The van der Waals surface area contributed by atoms with Crippen molar-refractivity contribution in [1.82, 2.24) is 5.32 Å². The van der Waals surface area contributed by atoms with Crippen molar-refractivity contribution in [2.75, 3.05) is 19.8 Å². The summed E-state index contributed by atoms with van der Waals surface area (Å²) in [6.07, 6.45) is 1.85. The molecule has 0 aromatic heterocycles.